The van der Waals surface area contributed by atoms with Gasteiger partial charge in [-0.1, -0.05) is 30.3 Å². The molecule has 0 spiro atoms. The van der Waals surface area contributed by atoms with Gasteiger partial charge in [0.15, 0.2) is 5.11 Å². The van der Waals surface area contributed by atoms with Crippen LogP contribution in [0.3, 0.4) is 0 Å². The van der Waals surface area contributed by atoms with Gasteiger partial charge in [0.2, 0.25) is 0 Å². The highest BCUT2D eigenvalue weighted by Crippen LogP contribution is 2.16. The number of amides is 2. The van der Waals surface area contributed by atoms with Crippen LogP contribution in [-0.2, 0) is 9.59 Å². The number of aryl methyl sites for hydroxylation is 1. The van der Waals surface area contributed by atoms with Crippen molar-refractivity contribution in [2.24, 2.45) is 0 Å². The number of nitrogens with zero attached hydrogens (tertiary/aromatic N) is 1. The summed E-state index contributed by atoms with van der Waals surface area (Å²) in [5, 5.41) is 2.63. The molecular formula is C15H14N2O2S. The number of hydrogen-bond acceptors (Lipinski definition) is 3. The molecule has 1 heterocycles. The number of hydrogen-bond donors (Lipinski definition) is 1. The molecule has 1 aliphatic heterocycles. The average Bonchev–Trinajstić information content (AvgIpc) is 2.41. The van der Waals surface area contributed by atoms with Crippen LogP contribution >= 0.6 is 12.2 Å². The minimum Gasteiger partial charge on any atom is -0.298 e. The molecule has 0 bridgehead atoms. The highest BCUT2D eigenvalue weighted by Gasteiger charge is 2.32. The number of thiocarbonyl (C=S) groups is 1. The molecule has 1 fully saturated rings. The van der Waals surface area contributed by atoms with E-state index in [1.54, 1.807) is 12.2 Å². The first-order valence-corrected chi connectivity index (χ1v) is 6.51. The maximum atomic E-state index is 12.3. The number of nitrogens with one attached hydrogen (secondary N) is 1. The van der Waals surface area contributed by atoms with E-state index >= 15 is 0 Å². The van der Waals surface area contributed by atoms with Crippen molar-refractivity contribution in [3.05, 3.63) is 53.6 Å². The van der Waals surface area contributed by atoms with E-state index in [0.29, 0.717) is 0 Å². The summed E-state index contributed by atoms with van der Waals surface area (Å²) in [6.45, 7) is 5.77. The lowest BCUT2D eigenvalue weighted by atomic mass is 10.0. The molecule has 1 aromatic carbocycles. The molecule has 5 heteroatoms. The van der Waals surface area contributed by atoms with Gasteiger partial charge in [-0.2, -0.15) is 0 Å². The lowest BCUT2D eigenvalue weighted by Gasteiger charge is -2.27. The van der Waals surface area contributed by atoms with Crippen molar-refractivity contribution in [1.29, 1.82) is 0 Å². The predicted octanol–water partition coefficient (Wildman–Crippen LogP) is 1.81. The minimum atomic E-state index is -0.469. The smallest absolute Gasteiger partial charge is 0.265 e. The highest BCUT2D eigenvalue weighted by atomic mass is 32.1. The van der Waals surface area contributed by atoms with Gasteiger partial charge >= 0.3 is 0 Å². The molecule has 2 amide bonds. The molecule has 0 atom stereocenters. The van der Waals surface area contributed by atoms with E-state index < -0.39 is 11.8 Å². The zero-order chi connectivity index (χ0) is 14.7. The van der Waals surface area contributed by atoms with Crippen molar-refractivity contribution >= 4 is 35.2 Å². The lowest BCUT2D eigenvalue weighted by Crippen LogP contribution is -2.53. The Kier molecular flexibility index (Phi) is 4.10. The fourth-order valence-corrected chi connectivity index (χ4v) is 2.14. The third-order valence-electron chi connectivity index (χ3n) is 2.99. The van der Waals surface area contributed by atoms with Gasteiger partial charge in [-0.3, -0.25) is 19.8 Å². The predicted molar refractivity (Wildman–Crippen MR) is 81.8 cm³/mol. The minimum absolute atomic E-state index is 0.0785. The Balaban J connectivity index is 2.42. The molecule has 1 N–H and O–H groups in total. The summed E-state index contributed by atoms with van der Waals surface area (Å²) >= 11 is 4.99. The van der Waals surface area contributed by atoms with E-state index in [-0.39, 0.29) is 17.2 Å². The van der Waals surface area contributed by atoms with Crippen molar-refractivity contribution in [2.45, 2.75) is 6.92 Å². The molecule has 1 saturated heterocycles. The van der Waals surface area contributed by atoms with Crippen molar-refractivity contribution in [3.8, 4) is 0 Å². The second-order valence-corrected chi connectivity index (χ2v) is 4.77. The van der Waals surface area contributed by atoms with Gasteiger partial charge in [-0.05, 0) is 36.3 Å². The van der Waals surface area contributed by atoms with Crippen LogP contribution < -0.4 is 5.32 Å². The Bertz CT molecular complexity index is 635. The monoisotopic (exact) mass is 286 g/mol. The maximum Gasteiger partial charge on any atom is 0.265 e. The first-order valence-electron chi connectivity index (χ1n) is 6.10. The second kappa shape index (κ2) is 5.79. The normalized spacial score (nSPS) is 17.4. The molecule has 1 aliphatic rings. The lowest BCUT2D eigenvalue weighted by molar-refractivity contribution is -0.128. The number of carbonyl (C=O) groups is 2. The summed E-state index contributed by atoms with van der Waals surface area (Å²) < 4.78 is 0. The van der Waals surface area contributed by atoms with Gasteiger partial charge in [0.25, 0.3) is 11.8 Å². The number of benzene rings is 1. The SMILES string of the molecule is C=CCN1C(=O)C(=Cc2ccccc2C)C(=O)NC1=S. The van der Waals surface area contributed by atoms with Gasteiger partial charge in [-0.25, -0.2) is 0 Å². The Morgan fingerprint density at radius 3 is 2.70 bits per heavy atom. The van der Waals surface area contributed by atoms with Gasteiger partial charge in [-0.15, -0.1) is 6.58 Å². The summed E-state index contributed by atoms with van der Waals surface area (Å²) in [4.78, 5) is 25.6. The van der Waals surface area contributed by atoms with Crippen LogP contribution in [0.25, 0.3) is 6.08 Å². The van der Waals surface area contributed by atoms with Crippen LogP contribution in [-0.4, -0.2) is 28.4 Å². The molecule has 2 rings (SSSR count). The Morgan fingerprint density at radius 2 is 2.05 bits per heavy atom. The summed E-state index contributed by atoms with van der Waals surface area (Å²) in [6, 6.07) is 7.54. The molecule has 0 unspecified atom stereocenters. The van der Waals surface area contributed by atoms with E-state index in [2.05, 4.69) is 11.9 Å². The molecule has 0 aromatic heterocycles. The van der Waals surface area contributed by atoms with Crippen LogP contribution in [0.4, 0.5) is 0 Å². The summed E-state index contributed by atoms with van der Waals surface area (Å²) in [6.07, 6.45) is 3.15. The molecular weight excluding hydrogens is 272 g/mol. The Morgan fingerprint density at radius 1 is 1.35 bits per heavy atom. The average molecular weight is 286 g/mol. The first kappa shape index (κ1) is 14.1. The van der Waals surface area contributed by atoms with Gasteiger partial charge < -0.3 is 0 Å². The summed E-state index contributed by atoms with van der Waals surface area (Å²) in [5.74, 6) is -0.870. The Labute approximate surface area is 122 Å². The van der Waals surface area contributed by atoms with Crippen molar-refractivity contribution < 1.29 is 9.59 Å². The van der Waals surface area contributed by atoms with Crippen LogP contribution in [0.5, 0.6) is 0 Å². The van der Waals surface area contributed by atoms with E-state index in [1.807, 2.05) is 31.2 Å². The fourth-order valence-electron chi connectivity index (χ4n) is 1.89. The van der Waals surface area contributed by atoms with Gasteiger partial charge in [0, 0.05) is 6.54 Å². The molecule has 0 radical (unpaired) electrons. The molecule has 20 heavy (non-hydrogen) atoms. The molecule has 4 nitrogen and oxygen atoms in total. The van der Waals surface area contributed by atoms with E-state index in [9.17, 15) is 9.59 Å². The van der Waals surface area contributed by atoms with E-state index in [0.717, 1.165) is 11.1 Å². The third-order valence-corrected chi connectivity index (χ3v) is 3.31. The van der Waals surface area contributed by atoms with E-state index in [1.165, 1.54) is 4.90 Å². The van der Waals surface area contributed by atoms with Crippen molar-refractivity contribution in [2.75, 3.05) is 6.54 Å². The van der Waals surface area contributed by atoms with Crippen LogP contribution in [0.2, 0.25) is 0 Å². The molecule has 102 valence electrons. The third kappa shape index (κ3) is 2.67. The standard InChI is InChI=1S/C15H14N2O2S/c1-3-8-17-14(19)12(13(18)16-15(17)20)9-11-7-5-4-6-10(11)2/h3-7,9H,1,8H2,2H3,(H,16,18,20). The Hall–Kier alpha value is -2.27. The zero-order valence-electron chi connectivity index (χ0n) is 11.1. The second-order valence-electron chi connectivity index (χ2n) is 4.38. The summed E-state index contributed by atoms with van der Waals surface area (Å²) in [7, 11) is 0. The van der Waals surface area contributed by atoms with Crippen molar-refractivity contribution in [3.63, 3.8) is 0 Å². The van der Waals surface area contributed by atoms with Crippen LogP contribution in [0.15, 0.2) is 42.5 Å². The van der Waals surface area contributed by atoms with Gasteiger partial charge in [0.05, 0.1) is 0 Å². The topological polar surface area (TPSA) is 49.4 Å². The maximum absolute atomic E-state index is 12.3. The highest BCUT2D eigenvalue weighted by molar-refractivity contribution is 7.80. The molecule has 0 saturated carbocycles. The van der Waals surface area contributed by atoms with Gasteiger partial charge in [0.1, 0.15) is 5.57 Å². The largest absolute Gasteiger partial charge is 0.298 e. The fraction of sp³-hybridized carbons (Fsp3) is 0.133. The number of carbonyl (C=O) groups excluding carboxylic acids is 2. The molecule has 1 aromatic rings. The first-order chi connectivity index (χ1) is 9.54. The van der Waals surface area contributed by atoms with Crippen molar-refractivity contribution in [1.82, 2.24) is 10.2 Å². The van der Waals surface area contributed by atoms with E-state index in [4.69, 9.17) is 12.2 Å². The van der Waals surface area contributed by atoms with Crippen LogP contribution in [0, 0.1) is 6.92 Å². The zero-order valence-corrected chi connectivity index (χ0v) is 11.9. The quantitative estimate of drug-likeness (QED) is 0.399. The molecule has 0 aliphatic carbocycles. The van der Waals surface area contributed by atoms with Crippen LogP contribution in [0.1, 0.15) is 11.1 Å². The number of rotatable bonds is 3. The summed E-state index contributed by atoms with van der Waals surface area (Å²) in [5.41, 5.74) is 1.90.